The van der Waals surface area contributed by atoms with E-state index < -0.39 is 5.97 Å². The van der Waals surface area contributed by atoms with Gasteiger partial charge in [0, 0.05) is 19.2 Å². The molecule has 0 saturated heterocycles. The number of carboxylic acids is 1. The van der Waals surface area contributed by atoms with Crippen molar-refractivity contribution in [3.05, 3.63) is 17.0 Å². The number of carboxylic acid groups (broad SMARTS) is 1. The average molecular weight is 196 g/mol. The normalized spacial score (nSPS) is 10.5. The van der Waals surface area contributed by atoms with Crippen LogP contribution in [0, 0.1) is 13.8 Å². The molecule has 0 aromatic carbocycles. The monoisotopic (exact) mass is 196 g/mol. The summed E-state index contributed by atoms with van der Waals surface area (Å²) in [4.78, 5) is 10.3. The molecule has 0 aliphatic heterocycles. The maximum atomic E-state index is 10.3. The summed E-state index contributed by atoms with van der Waals surface area (Å²) in [5, 5.41) is 12.8. The number of nitrogens with zero attached hydrogens (tertiary/aromatic N) is 2. The van der Waals surface area contributed by atoms with Crippen LogP contribution in [0.1, 0.15) is 29.8 Å². The third-order valence-electron chi connectivity index (χ3n) is 2.54. The van der Waals surface area contributed by atoms with Crippen molar-refractivity contribution in [1.29, 1.82) is 0 Å². The smallest absolute Gasteiger partial charge is 0.303 e. The maximum absolute atomic E-state index is 10.3. The molecular formula is C10H16N2O2. The van der Waals surface area contributed by atoms with Crippen LogP contribution in [0.4, 0.5) is 0 Å². The minimum Gasteiger partial charge on any atom is -0.481 e. The van der Waals surface area contributed by atoms with E-state index in [1.165, 1.54) is 5.56 Å². The van der Waals surface area contributed by atoms with Crippen molar-refractivity contribution >= 4 is 5.97 Å². The van der Waals surface area contributed by atoms with Crippen LogP contribution in [0.15, 0.2) is 0 Å². The average Bonchev–Trinajstić information content (AvgIpc) is 2.33. The third kappa shape index (κ3) is 2.34. The molecule has 0 radical (unpaired) electrons. The van der Waals surface area contributed by atoms with Crippen molar-refractivity contribution in [3.8, 4) is 0 Å². The second-order valence-electron chi connectivity index (χ2n) is 3.53. The number of hydrogen-bond donors (Lipinski definition) is 1. The van der Waals surface area contributed by atoms with Crippen molar-refractivity contribution in [2.75, 3.05) is 0 Å². The minimum absolute atomic E-state index is 0.217. The molecule has 4 nitrogen and oxygen atoms in total. The Morgan fingerprint density at radius 1 is 1.50 bits per heavy atom. The van der Waals surface area contributed by atoms with E-state index in [0.717, 1.165) is 17.8 Å². The fourth-order valence-electron chi connectivity index (χ4n) is 1.43. The highest BCUT2D eigenvalue weighted by atomic mass is 16.4. The molecule has 1 N–H and O–H groups in total. The van der Waals surface area contributed by atoms with Crippen LogP contribution in [0.3, 0.4) is 0 Å². The quantitative estimate of drug-likeness (QED) is 0.792. The Morgan fingerprint density at radius 2 is 2.14 bits per heavy atom. The molecule has 0 amide bonds. The van der Waals surface area contributed by atoms with E-state index in [1.54, 1.807) is 0 Å². The molecule has 78 valence electrons. The lowest BCUT2D eigenvalue weighted by Gasteiger charge is -1.95. The van der Waals surface area contributed by atoms with Gasteiger partial charge in [-0.1, -0.05) is 0 Å². The Morgan fingerprint density at radius 3 is 2.57 bits per heavy atom. The summed E-state index contributed by atoms with van der Waals surface area (Å²) in [7, 11) is 1.91. The number of aromatic nitrogens is 2. The summed E-state index contributed by atoms with van der Waals surface area (Å²) < 4.78 is 1.84. The van der Waals surface area contributed by atoms with Crippen molar-refractivity contribution < 1.29 is 9.90 Å². The van der Waals surface area contributed by atoms with Gasteiger partial charge in [0.1, 0.15) is 0 Å². The van der Waals surface area contributed by atoms with Crippen LogP contribution in [0.5, 0.6) is 0 Å². The van der Waals surface area contributed by atoms with Crippen LogP contribution >= 0.6 is 0 Å². The summed E-state index contributed by atoms with van der Waals surface area (Å²) in [6.45, 7) is 4.04. The van der Waals surface area contributed by atoms with Gasteiger partial charge in [-0.15, -0.1) is 0 Å². The molecule has 0 fully saturated rings. The molecule has 4 heteroatoms. The van der Waals surface area contributed by atoms with Gasteiger partial charge in [-0.05, 0) is 32.3 Å². The lowest BCUT2D eigenvalue weighted by atomic mass is 10.1. The molecule has 14 heavy (non-hydrogen) atoms. The van der Waals surface area contributed by atoms with E-state index >= 15 is 0 Å². The molecule has 0 atom stereocenters. The first-order chi connectivity index (χ1) is 6.52. The molecule has 0 bridgehead atoms. The number of aliphatic carboxylic acids is 1. The number of hydrogen-bond acceptors (Lipinski definition) is 2. The zero-order valence-electron chi connectivity index (χ0n) is 8.87. The second kappa shape index (κ2) is 4.26. The zero-order chi connectivity index (χ0) is 10.7. The van der Waals surface area contributed by atoms with Crippen molar-refractivity contribution in [1.82, 2.24) is 9.78 Å². The van der Waals surface area contributed by atoms with Gasteiger partial charge in [-0.2, -0.15) is 5.10 Å². The van der Waals surface area contributed by atoms with Crippen LogP contribution < -0.4 is 0 Å². The molecule has 1 heterocycles. The van der Waals surface area contributed by atoms with Crippen molar-refractivity contribution in [2.45, 2.75) is 33.1 Å². The van der Waals surface area contributed by atoms with Gasteiger partial charge in [-0.25, -0.2) is 0 Å². The van der Waals surface area contributed by atoms with Crippen LogP contribution in [-0.2, 0) is 18.3 Å². The Kier molecular flexibility index (Phi) is 3.28. The zero-order valence-corrected chi connectivity index (χ0v) is 8.87. The van der Waals surface area contributed by atoms with E-state index in [4.69, 9.17) is 5.11 Å². The molecular weight excluding hydrogens is 180 g/mol. The molecule has 0 unspecified atom stereocenters. The van der Waals surface area contributed by atoms with Crippen molar-refractivity contribution in [3.63, 3.8) is 0 Å². The largest absolute Gasteiger partial charge is 0.481 e. The predicted molar refractivity (Wildman–Crippen MR) is 53.3 cm³/mol. The predicted octanol–water partition coefficient (Wildman–Crippen LogP) is 1.44. The van der Waals surface area contributed by atoms with Gasteiger partial charge < -0.3 is 5.11 Å². The minimum atomic E-state index is -0.740. The Labute approximate surface area is 83.5 Å². The summed E-state index contributed by atoms with van der Waals surface area (Å²) >= 11 is 0. The molecule has 0 aliphatic carbocycles. The highest BCUT2D eigenvalue weighted by Gasteiger charge is 2.08. The first-order valence-corrected chi connectivity index (χ1v) is 4.73. The number of carbonyl (C=O) groups is 1. The third-order valence-corrected chi connectivity index (χ3v) is 2.54. The summed E-state index contributed by atoms with van der Waals surface area (Å²) in [6, 6.07) is 0. The fraction of sp³-hybridized carbons (Fsp3) is 0.600. The lowest BCUT2D eigenvalue weighted by Crippen LogP contribution is -1.97. The molecule has 0 aliphatic rings. The number of aryl methyl sites for hydroxylation is 2. The Balaban J connectivity index is 2.59. The first kappa shape index (κ1) is 10.8. The van der Waals surface area contributed by atoms with Gasteiger partial charge in [0.25, 0.3) is 0 Å². The summed E-state index contributed by atoms with van der Waals surface area (Å²) in [6.07, 6.45) is 1.63. The Bertz CT molecular complexity index is 342. The van der Waals surface area contributed by atoms with Crippen LogP contribution in [0.25, 0.3) is 0 Å². The number of rotatable bonds is 4. The summed E-state index contributed by atoms with van der Waals surface area (Å²) in [5.41, 5.74) is 3.35. The maximum Gasteiger partial charge on any atom is 0.303 e. The van der Waals surface area contributed by atoms with E-state index in [-0.39, 0.29) is 6.42 Å². The van der Waals surface area contributed by atoms with Crippen LogP contribution in [-0.4, -0.2) is 20.9 Å². The van der Waals surface area contributed by atoms with Crippen molar-refractivity contribution in [2.24, 2.45) is 7.05 Å². The molecule has 1 aromatic rings. The van der Waals surface area contributed by atoms with Gasteiger partial charge in [0.2, 0.25) is 0 Å². The van der Waals surface area contributed by atoms with E-state index in [0.29, 0.717) is 6.42 Å². The van der Waals surface area contributed by atoms with E-state index in [2.05, 4.69) is 5.10 Å². The van der Waals surface area contributed by atoms with Gasteiger partial charge in [-0.3, -0.25) is 9.48 Å². The molecule has 0 spiro atoms. The molecule has 1 aromatic heterocycles. The standard InChI is InChI=1S/C10H16N2O2/c1-7-8(2)12(3)11-9(7)5-4-6-10(13)14/h4-6H2,1-3H3,(H,13,14). The lowest BCUT2D eigenvalue weighted by molar-refractivity contribution is -0.137. The highest BCUT2D eigenvalue weighted by molar-refractivity contribution is 5.66. The summed E-state index contributed by atoms with van der Waals surface area (Å²) in [5.74, 6) is -0.740. The molecule has 1 rings (SSSR count). The highest BCUT2D eigenvalue weighted by Crippen LogP contribution is 2.13. The van der Waals surface area contributed by atoms with Gasteiger partial charge >= 0.3 is 5.97 Å². The first-order valence-electron chi connectivity index (χ1n) is 4.73. The fourth-order valence-corrected chi connectivity index (χ4v) is 1.43. The van der Waals surface area contributed by atoms with Gasteiger partial charge in [0.05, 0.1) is 5.69 Å². The molecule has 0 saturated carbocycles. The van der Waals surface area contributed by atoms with E-state index in [1.807, 2.05) is 25.6 Å². The van der Waals surface area contributed by atoms with Gasteiger partial charge in [0.15, 0.2) is 0 Å². The topological polar surface area (TPSA) is 55.1 Å². The van der Waals surface area contributed by atoms with Crippen LogP contribution in [0.2, 0.25) is 0 Å². The SMILES string of the molecule is Cc1c(CCCC(=O)O)nn(C)c1C. The second-order valence-corrected chi connectivity index (χ2v) is 3.53. The Hall–Kier alpha value is -1.32. The van der Waals surface area contributed by atoms with E-state index in [9.17, 15) is 4.79 Å².